The average molecular weight is 804 g/mol. The van der Waals surface area contributed by atoms with E-state index in [1.807, 2.05) is 60.7 Å². The maximum Gasteiger partial charge on any atom is 0.404 e. The van der Waals surface area contributed by atoms with E-state index in [0.29, 0.717) is 52.1 Å². The van der Waals surface area contributed by atoms with Gasteiger partial charge in [-0.3, -0.25) is 0 Å². The number of carboxylic acid groups (broad SMARTS) is 1. The maximum absolute atomic E-state index is 15.2. The van der Waals surface area contributed by atoms with Crippen molar-refractivity contribution in [3.63, 3.8) is 0 Å². The topological polar surface area (TPSA) is 158 Å². The quantitative estimate of drug-likeness (QED) is 0.123. The summed E-state index contributed by atoms with van der Waals surface area (Å²) in [6.45, 7) is 0.392. The van der Waals surface area contributed by atoms with Crippen molar-refractivity contribution < 1.29 is 32.5 Å². The van der Waals surface area contributed by atoms with Gasteiger partial charge in [0, 0.05) is 23.6 Å². The highest BCUT2D eigenvalue weighted by molar-refractivity contribution is 9.10. The second-order valence-electron chi connectivity index (χ2n) is 12.4. The van der Waals surface area contributed by atoms with Gasteiger partial charge in [-0.25, -0.2) is 13.2 Å². The van der Waals surface area contributed by atoms with E-state index in [9.17, 15) is 9.90 Å². The minimum absolute atomic E-state index is 0.00675. The molecule has 1 aromatic heterocycles. The summed E-state index contributed by atoms with van der Waals surface area (Å²) in [6, 6.07) is 25.3. The van der Waals surface area contributed by atoms with Gasteiger partial charge in [-0.05, 0) is 111 Å². The van der Waals surface area contributed by atoms with Crippen molar-refractivity contribution in [2.75, 3.05) is 21.3 Å². The van der Waals surface area contributed by atoms with E-state index >= 15 is 8.42 Å². The van der Waals surface area contributed by atoms with Crippen LogP contribution in [0.5, 0.6) is 17.2 Å². The van der Waals surface area contributed by atoms with Crippen LogP contribution in [-0.4, -0.2) is 71.5 Å². The summed E-state index contributed by atoms with van der Waals surface area (Å²) in [4.78, 5) is 12.8. The van der Waals surface area contributed by atoms with E-state index in [1.165, 1.54) is 9.10 Å². The molecule has 1 aliphatic rings. The zero-order valence-corrected chi connectivity index (χ0v) is 31.8. The SMILES string of the molecule is COc1ccc(CN(Cc2ccc(OC)cc2)S(=O)(=O)c2c(Br)ccc(C3=CC[C@H](NC(=O)O)CC3)c2-c2nnn(Cc3ccc(OC)cc3)n2)cc1. The number of allylic oxidation sites excluding steroid dienone is 1. The third kappa shape index (κ3) is 8.87. The van der Waals surface area contributed by atoms with Crippen molar-refractivity contribution in [3.05, 3.63) is 118 Å². The van der Waals surface area contributed by atoms with E-state index < -0.39 is 16.1 Å². The van der Waals surface area contributed by atoms with Gasteiger partial charge in [0.15, 0.2) is 0 Å². The van der Waals surface area contributed by atoms with Crippen LogP contribution in [0.1, 0.15) is 41.5 Å². The van der Waals surface area contributed by atoms with Crippen molar-refractivity contribution in [1.29, 1.82) is 0 Å². The number of carbonyl (C=O) groups is 1. The van der Waals surface area contributed by atoms with Crippen molar-refractivity contribution >= 4 is 37.6 Å². The van der Waals surface area contributed by atoms with Gasteiger partial charge in [0.05, 0.1) is 33.4 Å². The molecule has 0 aliphatic heterocycles. The van der Waals surface area contributed by atoms with E-state index in [1.54, 1.807) is 51.7 Å². The molecule has 0 saturated heterocycles. The van der Waals surface area contributed by atoms with Gasteiger partial charge in [0.2, 0.25) is 15.8 Å². The van der Waals surface area contributed by atoms with Gasteiger partial charge in [0.1, 0.15) is 22.1 Å². The summed E-state index contributed by atoms with van der Waals surface area (Å²) in [5, 5.41) is 25.3. The molecule has 0 unspecified atom stereocenters. The van der Waals surface area contributed by atoms with Crippen LogP contribution in [0.25, 0.3) is 17.0 Å². The molecular weight excluding hydrogens is 764 g/mol. The van der Waals surface area contributed by atoms with Crippen LogP contribution in [0.15, 0.2) is 100 Å². The minimum Gasteiger partial charge on any atom is -0.497 e. The standard InChI is InChI=1S/C38H39BrN6O7S/c1-50-30-14-4-25(5-15-30)22-44(23-26-6-16-31(51-2)17-7-26)53(48,49)36-34(39)21-20-33(28-10-12-29(13-11-28)40-38(46)47)35(36)37-41-43-45(42-37)24-27-8-18-32(52-3)19-9-27/h4-10,14-21,29,40H,11-13,22-24H2,1-3H3,(H,46,47)/t29-/m0/s1. The number of nitrogens with zero attached hydrogens (tertiary/aromatic N) is 5. The Labute approximate surface area is 316 Å². The number of hydrogen-bond donors (Lipinski definition) is 2. The van der Waals surface area contributed by atoms with Crippen LogP contribution >= 0.6 is 15.9 Å². The molecule has 1 amide bonds. The number of tetrazole rings is 1. The summed E-state index contributed by atoms with van der Waals surface area (Å²) in [5.74, 6) is 2.15. The number of halogens is 1. The zero-order valence-electron chi connectivity index (χ0n) is 29.4. The molecule has 0 saturated carbocycles. The van der Waals surface area contributed by atoms with Gasteiger partial charge >= 0.3 is 6.09 Å². The monoisotopic (exact) mass is 802 g/mol. The summed E-state index contributed by atoms with van der Waals surface area (Å²) < 4.78 is 48.2. The lowest BCUT2D eigenvalue weighted by Gasteiger charge is -2.27. The first-order chi connectivity index (χ1) is 25.6. The molecule has 1 aliphatic carbocycles. The second kappa shape index (κ2) is 16.6. The first-order valence-corrected chi connectivity index (χ1v) is 19.0. The predicted molar refractivity (Wildman–Crippen MR) is 202 cm³/mol. The van der Waals surface area contributed by atoms with E-state index in [4.69, 9.17) is 19.3 Å². The Balaban J connectivity index is 1.47. The highest BCUT2D eigenvalue weighted by atomic mass is 79.9. The molecule has 0 bridgehead atoms. The molecule has 276 valence electrons. The number of ether oxygens (including phenoxy) is 3. The lowest BCUT2D eigenvalue weighted by atomic mass is 9.88. The third-order valence-corrected chi connectivity index (χ3v) is 11.8. The number of rotatable bonds is 14. The lowest BCUT2D eigenvalue weighted by Crippen LogP contribution is -2.34. The van der Waals surface area contributed by atoms with E-state index in [0.717, 1.165) is 22.3 Å². The molecule has 1 heterocycles. The van der Waals surface area contributed by atoms with Gasteiger partial charge < -0.3 is 24.6 Å². The molecule has 0 radical (unpaired) electrons. The number of amides is 1. The van der Waals surface area contributed by atoms with Crippen LogP contribution in [-0.2, 0) is 29.7 Å². The van der Waals surface area contributed by atoms with Crippen molar-refractivity contribution in [2.24, 2.45) is 0 Å². The molecule has 4 aromatic carbocycles. The number of hydrogen-bond acceptors (Lipinski definition) is 9. The van der Waals surface area contributed by atoms with Gasteiger partial charge in [-0.2, -0.15) is 9.10 Å². The summed E-state index contributed by atoms with van der Waals surface area (Å²) in [6.07, 6.45) is 2.34. The molecule has 13 nitrogen and oxygen atoms in total. The lowest BCUT2D eigenvalue weighted by molar-refractivity contribution is 0.189. The fourth-order valence-electron chi connectivity index (χ4n) is 6.21. The smallest absolute Gasteiger partial charge is 0.404 e. The fraction of sp³-hybridized carbons (Fsp3) is 0.263. The molecule has 15 heteroatoms. The molecule has 6 rings (SSSR count). The Kier molecular flexibility index (Phi) is 11.8. The Morgan fingerprint density at radius 3 is 1.91 bits per heavy atom. The zero-order chi connectivity index (χ0) is 37.5. The molecule has 0 spiro atoms. The molecule has 2 N–H and O–H groups in total. The number of benzene rings is 4. The summed E-state index contributed by atoms with van der Waals surface area (Å²) >= 11 is 3.60. The first-order valence-electron chi connectivity index (χ1n) is 16.8. The van der Waals surface area contributed by atoms with Crippen LogP contribution < -0.4 is 19.5 Å². The highest BCUT2D eigenvalue weighted by Gasteiger charge is 2.34. The average Bonchev–Trinajstić information content (AvgIpc) is 3.63. The highest BCUT2D eigenvalue weighted by Crippen LogP contribution is 2.42. The Morgan fingerprint density at radius 1 is 0.868 bits per heavy atom. The Bertz CT molecular complexity index is 2140. The normalized spacial score (nSPS) is 14.4. The van der Waals surface area contributed by atoms with Crippen LogP contribution in [0.4, 0.5) is 4.79 Å². The van der Waals surface area contributed by atoms with Crippen LogP contribution in [0.2, 0.25) is 0 Å². The predicted octanol–water partition coefficient (Wildman–Crippen LogP) is 6.77. The third-order valence-electron chi connectivity index (χ3n) is 8.99. The minimum atomic E-state index is -4.31. The van der Waals surface area contributed by atoms with Gasteiger partial charge in [-0.15, -0.1) is 10.2 Å². The second-order valence-corrected chi connectivity index (χ2v) is 15.1. The number of aromatic nitrogens is 4. The number of sulfonamides is 1. The summed E-state index contributed by atoms with van der Waals surface area (Å²) in [5.41, 5.74) is 4.19. The summed E-state index contributed by atoms with van der Waals surface area (Å²) in [7, 11) is 0.444. The van der Waals surface area contributed by atoms with Gasteiger partial charge in [0.25, 0.3) is 0 Å². The number of methoxy groups -OCH3 is 3. The van der Waals surface area contributed by atoms with E-state index in [-0.39, 0.29) is 36.4 Å². The molecule has 53 heavy (non-hydrogen) atoms. The van der Waals surface area contributed by atoms with Crippen molar-refractivity contribution in [1.82, 2.24) is 29.8 Å². The van der Waals surface area contributed by atoms with Crippen molar-refractivity contribution in [2.45, 2.75) is 49.8 Å². The Morgan fingerprint density at radius 2 is 1.42 bits per heavy atom. The maximum atomic E-state index is 15.2. The first kappa shape index (κ1) is 37.5. The largest absolute Gasteiger partial charge is 0.497 e. The van der Waals surface area contributed by atoms with Gasteiger partial charge in [-0.1, -0.05) is 48.5 Å². The van der Waals surface area contributed by atoms with E-state index in [2.05, 4.69) is 31.6 Å². The molecule has 0 fully saturated rings. The molecule has 1 atom stereocenters. The van der Waals surface area contributed by atoms with Crippen LogP contribution in [0.3, 0.4) is 0 Å². The van der Waals surface area contributed by atoms with Crippen LogP contribution in [0, 0.1) is 0 Å². The Hall–Kier alpha value is -5.25. The number of nitrogens with one attached hydrogen (secondary N) is 1. The van der Waals surface area contributed by atoms with Crippen molar-refractivity contribution in [3.8, 4) is 28.6 Å². The molecular formula is C38H39BrN6O7S. The fourth-order valence-corrected chi connectivity index (χ4v) is 8.83. The molecule has 5 aromatic rings.